The van der Waals surface area contributed by atoms with Crippen LogP contribution in [-0.2, 0) is 24.2 Å². The van der Waals surface area contributed by atoms with Gasteiger partial charge in [-0.3, -0.25) is 4.79 Å². The first-order valence-corrected chi connectivity index (χ1v) is 9.40. The average molecular weight is 379 g/mol. The summed E-state index contributed by atoms with van der Waals surface area (Å²) in [5, 5.41) is 4.85. The summed E-state index contributed by atoms with van der Waals surface area (Å²) in [5.74, 6) is 1.61. The van der Waals surface area contributed by atoms with E-state index in [1.807, 2.05) is 11.6 Å². The van der Waals surface area contributed by atoms with E-state index in [-0.39, 0.29) is 29.0 Å². The van der Waals surface area contributed by atoms with E-state index in [2.05, 4.69) is 23.9 Å². The molecule has 140 valence electrons. The second-order valence-corrected chi connectivity index (χ2v) is 7.59. The molecular formula is C19H24ClFN4O. The highest BCUT2D eigenvalue weighted by Crippen LogP contribution is 2.26. The second kappa shape index (κ2) is 7.74. The van der Waals surface area contributed by atoms with E-state index < -0.39 is 5.82 Å². The molecule has 1 aliphatic rings. The third-order valence-electron chi connectivity index (χ3n) is 4.79. The molecule has 1 aromatic carbocycles. The van der Waals surface area contributed by atoms with Crippen LogP contribution in [0.3, 0.4) is 0 Å². The lowest BCUT2D eigenvalue weighted by atomic mass is 10.1. The molecule has 0 fully saturated rings. The van der Waals surface area contributed by atoms with Gasteiger partial charge in [0.15, 0.2) is 5.82 Å². The van der Waals surface area contributed by atoms with Crippen LogP contribution < -0.4 is 0 Å². The van der Waals surface area contributed by atoms with Crippen LogP contribution in [0.1, 0.15) is 50.4 Å². The molecule has 1 atom stereocenters. The number of carbonyl (C=O) groups is 1. The molecule has 2 aromatic rings. The van der Waals surface area contributed by atoms with Gasteiger partial charge in [-0.25, -0.2) is 14.1 Å². The van der Waals surface area contributed by atoms with Gasteiger partial charge in [0.1, 0.15) is 11.6 Å². The number of carbonyl (C=O) groups excluding carboxylic acids is 1. The molecule has 2 heterocycles. The summed E-state index contributed by atoms with van der Waals surface area (Å²) in [5.41, 5.74) is 0.246. The van der Waals surface area contributed by atoms with E-state index in [1.54, 1.807) is 11.0 Å². The van der Waals surface area contributed by atoms with Crippen molar-refractivity contribution in [2.24, 2.45) is 5.92 Å². The Bertz CT molecular complexity index is 785. The maximum absolute atomic E-state index is 14.0. The summed E-state index contributed by atoms with van der Waals surface area (Å²) in [7, 11) is 0. The summed E-state index contributed by atoms with van der Waals surface area (Å²) >= 11 is 6.06. The van der Waals surface area contributed by atoms with Crippen LogP contribution in [0.15, 0.2) is 18.2 Å². The van der Waals surface area contributed by atoms with Crippen molar-refractivity contribution in [1.82, 2.24) is 19.7 Å². The maximum Gasteiger partial charge on any atom is 0.227 e. The highest BCUT2D eigenvalue weighted by molar-refractivity contribution is 6.31. The minimum Gasteiger partial charge on any atom is -0.331 e. The van der Waals surface area contributed by atoms with Crippen molar-refractivity contribution in [3.63, 3.8) is 0 Å². The van der Waals surface area contributed by atoms with Crippen LogP contribution in [0.25, 0.3) is 0 Å². The number of hydrogen-bond acceptors (Lipinski definition) is 3. The minimum absolute atomic E-state index is 0.0514. The smallest absolute Gasteiger partial charge is 0.227 e. The third-order valence-corrected chi connectivity index (χ3v) is 5.15. The Labute approximate surface area is 158 Å². The number of rotatable bonds is 5. The SMILES string of the molecule is CC(C)CCc1nc2n(n1)CCN(C(=O)Cc1c(F)cccc1Cl)[C@@H]2C. The van der Waals surface area contributed by atoms with Gasteiger partial charge in [0.05, 0.1) is 19.0 Å². The van der Waals surface area contributed by atoms with Gasteiger partial charge >= 0.3 is 0 Å². The zero-order valence-electron chi connectivity index (χ0n) is 15.4. The molecule has 0 radical (unpaired) electrons. The summed E-state index contributed by atoms with van der Waals surface area (Å²) in [6.07, 6.45) is 1.82. The molecular weight excluding hydrogens is 355 g/mol. The molecule has 0 unspecified atom stereocenters. The molecule has 1 aliphatic heterocycles. The lowest BCUT2D eigenvalue weighted by Crippen LogP contribution is -2.42. The fourth-order valence-electron chi connectivity index (χ4n) is 3.23. The van der Waals surface area contributed by atoms with Crippen LogP contribution in [0, 0.1) is 11.7 Å². The zero-order valence-corrected chi connectivity index (χ0v) is 16.1. The summed E-state index contributed by atoms with van der Waals surface area (Å²) in [6.45, 7) is 7.42. The Kier molecular flexibility index (Phi) is 5.61. The molecule has 3 rings (SSSR count). The lowest BCUT2D eigenvalue weighted by molar-refractivity contribution is -0.133. The number of nitrogens with zero attached hydrogens (tertiary/aromatic N) is 4. The van der Waals surface area contributed by atoms with E-state index in [9.17, 15) is 9.18 Å². The fourth-order valence-corrected chi connectivity index (χ4v) is 3.46. The predicted molar refractivity (Wildman–Crippen MR) is 98.4 cm³/mol. The quantitative estimate of drug-likeness (QED) is 0.795. The first kappa shape index (κ1) is 18.8. The van der Waals surface area contributed by atoms with Crippen molar-refractivity contribution in [2.45, 2.75) is 52.6 Å². The molecule has 0 N–H and O–H groups in total. The van der Waals surface area contributed by atoms with Crippen molar-refractivity contribution in [3.8, 4) is 0 Å². The van der Waals surface area contributed by atoms with E-state index >= 15 is 0 Å². The molecule has 5 nitrogen and oxygen atoms in total. The van der Waals surface area contributed by atoms with E-state index in [0.29, 0.717) is 19.0 Å². The summed E-state index contributed by atoms with van der Waals surface area (Å²) in [4.78, 5) is 19.1. The fraction of sp³-hybridized carbons (Fsp3) is 0.526. The van der Waals surface area contributed by atoms with Crippen LogP contribution in [0.5, 0.6) is 0 Å². The number of benzene rings is 1. The molecule has 7 heteroatoms. The van der Waals surface area contributed by atoms with Crippen molar-refractivity contribution in [1.29, 1.82) is 0 Å². The van der Waals surface area contributed by atoms with Gasteiger partial charge in [0.25, 0.3) is 0 Å². The molecule has 0 saturated heterocycles. The number of fused-ring (bicyclic) bond motifs is 1. The number of amides is 1. The molecule has 0 bridgehead atoms. The standard InChI is InChI=1S/C19H24ClFN4O/c1-12(2)7-8-17-22-19-13(3)24(9-10-25(19)23-17)18(26)11-14-15(20)5-4-6-16(14)21/h4-6,12-13H,7-11H2,1-3H3/t13-/m1/s1. The molecule has 0 saturated carbocycles. The summed E-state index contributed by atoms with van der Waals surface area (Å²) in [6, 6.07) is 4.27. The third kappa shape index (κ3) is 3.90. The number of halogens is 2. The minimum atomic E-state index is -0.449. The second-order valence-electron chi connectivity index (χ2n) is 7.18. The van der Waals surface area contributed by atoms with E-state index in [0.717, 1.165) is 24.5 Å². The Morgan fingerprint density at radius 1 is 1.38 bits per heavy atom. The Morgan fingerprint density at radius 3 is 2.85 bits per heavy atom. The van der Waals surface area contributed by atoms with Crippen LogP contribution in [0.2, 0.25) is 5.02 Å². The normalized spacial score (nSPS) is 16.8. The van der Waals surface area contributed by atoms with Gasteiger partial charge in [-0.15, -0.1) is 0 Å². The van der Waals surface area contributed by atoms with Gasteiger partial charge in [0, 0.05) is 23.6 Å². The monoisotopic (exact) mass is 378 g/mol. The predicted octanol–water partition coefficient (Wildman–Crippen LogP) is 3.81. The molecule has 1 amide bonds. The van der Waals surface area contributed by atoms with E-state index in [1.165, 1.54) is 12.1 Å². The lowest BCUT2D eigenvalue weighted by Gasteiger charge is -2.33. The average Bonchev–Trinajstić information content (AvgIpc) is 3.01. The van der Waals surface area contributed by atoms with Gasteiger partial charge < -0.3 is 4.90 Å². The van der Waals surface area contributed by atoms with Crippen molar-refractivity contribution >= 4 is 17.5 Å². The van der Waals surface area contributed by atoms with E-state index in [4.69, 9.17) is 11.6 Å². The Balaban J connectivity index is 1.74. The molecule has 0 spiro atoms. The van der Waals surface area contributed by atoms with Crippen LogP contribution >= 0.6 is 11.6 Å². The maximum atomic E-state index is 14.0. The highest BCUT2D eigenvalue weighted by atomic mass is 35.5. The van der Waals surface area contributed by atoms with Crippen molar-refractivity contribution < 1.29 is 9.18 Å². The molecule has 26 heavy (non-hydrogen) atoms. The van der Waals surface area contributed by atoms with Crippen molar-refractivity contribution in [2.75, 3.05) is 6.54 Å². The number of aryl methyl sites for hydroxylation is 1. The van der Waals surface area contributed by atoms with Gasteiger partial charge in [0.2, 0.25) is 5.91 Å². The highest BCUT2D eigenvalue weighted by Gasteiger charge is 2.31. The van der Waals surface area contributed by atoms with Crippen LogP contribution in [0.4, 0.5) is 4.39 Å². The zero-order chi connectivity index (χ0) is 18.8. The Morgan fingerprint density at radius 2 is 2.15 bits per heavy atom. The molecule has 0 aliphatic carbocycles. The number of hydrogen-bond donors (Lipinski definition) is 0. The summed E-state index contributed by atoms with van der Waals surface area (Å²) < 4.78 is 15.9. The Hall–Kier alpha value is -1.95. The first-order valence-electron chi connectivity index (χ1n) is 9.02. The van der Waals surface area contributed by atoms with Gasteiger partial charge in [-0.05, 0) is 31.4 Å². The molecule has 1 aromatic heterocycles. The topological polar surface area (TPSA) is 51.0 Å². The first-order chi connectivity index (χ1) is 12.4. The van der Waals surface area contributed by atoms with Gasteiger partial charge in [-0.1, -0.05) is 31.5 Å². The van der Waals surface area contributed by atoms with Crippen LogP contribution in [-0.4, -0.2) is 32.1 Å². The largest absolute Gasteiger partial charge is 0.331 e. The number of aromatic nitrogens is 3. The van der Waals surface area contributed by atoms with Gasteiger partial charge in [-0.2, -0.15) is 5.10 Å². The van der Waals surface area contributed by atoms with Crippen molar-refractivity contribution in [3.05, 3.63) is 46.3 Å².